The summed E-state index contributed by atoms with van der Waals surface area (Å²) < 4.78 is 11.6. The number of amides is 2. The Bertz CT molecular complexity index is 1540. The lowest BCUT2D eigenvalue weighted by molar-refractivity contribution is -0.139. The highest BCUT2D eigenvalue weighted by Crippen LogP contribution is 2.28. The van der Waals surface area contributed by atoms with Crippen LogP contribution in [0.25, 0.3) is 0 Å². The van der Waals surface area contributed by atoms with Crippen LogP contribution in [0.15, 0.2) is 109 Å². The minimum Gasteiger partial charge on any atom is -0.489 e. The molecule has 4 aromatic carbocycles. The number of carboxylic acid groups (broad SMARTS) is 1. The Hall–Kier alpha value is -5.11. The van der Waals surface area contributed by atoms with Gasteiger partial charge in [0.15, 0.2) is 6.61 Å². The van der Waals surface area contributed by atoms with E-state index >= 15 is 0 Å². The largest absolute Gasteiger partial charge is 0.489 e. The van der Waals surface area contributed by atoms with Crippen LogP contribution in [-0.2, 0) is 22.6 Å². The number of benzene rings is 4. The molecular weight excluding hydrogens is 568 g/mol. The SMILES string of the molecule is O=C(NC(Cc1ccc(OCc2ccccc2)cc1)C(=O)O)c1ccc(OCC(=O)N(c2ccccc2)C2CCCCC2)cc1. The maximum Gasteiger partial charge on any atom is 0.326 e. The number of ether oxygens (including phenoxy) is 2. The molecular formula is C37H38N2O6. The van der Waals surface area contributed by atoms with Gasteiger partial charge in [-0.3, -0.25) is 9.59 Å². The zero-order valence-corrected chi connectivity index (χ0v) is 25.1. The summed E-state index contributed by atoms with van der Waals surface area (Å²) in [5.41, 5.74) is 2.96. The van der Waals surface area contributed by atoms with Crippen molar-refractivity contribution in [2.75, 3.05) is 11.5 Å². The van der Waals surface area contributed by atoms with Crippen LogP contribution in [0.1, 0.15) is 53.6 Å². The molecule has 0 bridgehead atoms. The van der Waals surface area contributed by atoms with Gasteiger partial charge >= 0.3 is 5.97 Å². The maximum absolute atomic E-state index is 13.3. The Kier molecular flexibility index (Phi) is 10.8. The molecule has 0 aromatic heterocycles. The molecule has 4 aromatic rings. The van der Waals surface area contributed by atoms with Crippen molar-refractivity contribution < 1.29 is 29.0 Å². The van der Waals surface area contributed by atoms with Crippen LogP contribution in [-0.4, -0.2) is 41.6 Å². The number of carbonyl (C=O) groups excluding carboxylic acids is 2. The number of rotatable bonds is 13. The third kappa shape index (κ3) is 8.95. The minimum atomic E-state index is -1.13. The van der Waals surface area contributed by atoms with E-state index in [0.717, 1.165) is 42.5 Å². The van der Waals surface area contributed by atoms with Gasteiger partial charge in [0.2, 0.25) is 0 Å². The van der Waals surface area contributed by atoms with E-state index in [0.29, 0.717) is 18.1 Å². The van der Waals surface area contributed by atoms with Gasteiger partial charge in [-0.1, -0.05) is 79.9 Å². The molecule has 2 amide bonds. The van der Waals surface area contributed by atoms with Crippen molar-refractivity contribution in [1.82, 2.24) is 5.32 Å². The lowest BCUT2D eigenvalue weighted by atomic mass is 9.93. The molecule has 0 spiro atoms. The number of carboxylic acids is 1. The average Bonchev–Trinajstić information content (AvgIpc) is 3.08. The number of nitrogens with zero attached hydrogens (tertiary/aromatic N) is 1. The van der Waals surface area contributed by atoms with Crippen molar-refractivity contribution in [2.24, 2.45) is 0 Å². The van der Waals surface area contributed by atoms with Gasteiger partial charge in [-0.15, -0.1) is 0 Å². The van der Waals surface area contributed by atoms with Crippen molar-refractivity contribution >= 4 is 23.5 Å². The summed E-state index contributed by atoms with van der Waals surface area (Å²) in [6.07, 6.45) is 5.44. The molecule has 0 radical (unpaired) electrons. The van der Waals surface area contributed by atoms with Crippen molar-refractivity contribution in [3.8, 4) is 11.5 Å². The van der Waals surface area contributed by atoms with E-state index in [1.54, 1.807) is 48.5 Å². The van der Waals surface area contributed by atoms with Gasteiger partial charge in [0.25, 0.3) is 11.8 Å². The second-order valence-electron chi connectivity index (χ2n) is 11.2. The lowest BCUT2D eigenvalue weighted by Gasteiger charge is -2.34. The van der Waals surface area contributed by atoms with Crippen molar-refractivity contribution in [2.45, 2.75) is 57.2 Å². The Labute approximate surface area is 263 Å². The van der Waals surface area contributed by atoms with Crippen LogP contribution >= 0.6 is 0 Å². The number of hydrogen-bond donors (Lipinski definition) is 2. The number of anilines is 1. The first kappa shape index (κ1) is 31.3. The van der Waals surface area contributed by atoms with Crippen molar-refractivity contribution in [3.63, 3.8) is 0 Å². The third-order valence-electron chi connectivity index (χ3n) is 7.94. The first-order chi connectivity index (χ1) is 22.0. The van der Waals surface area contributed by atoms with Crippen LogP contribution < -0.4 is 19.7 Å². The molecule has 0 saturated heterocycles. The van der Waals surface area contributed by atoms with Crippen LogP contribution in [0.2, 0.25) is 0 Å². The molecule has 8 heteroatoms. The Morgan fingerprint density at radius 3 is 1.98 bits per heavy atom. The van der Waals surface area contributed by atoms with Crippen LogP contribution in [0, 0.1) is 0 Å². The minimum absolute atomic E-state index is 0.113. The van der Waals surface area contributed by atoms with Gasteiger partial charge in [0, 0.05) is 23.7 Å². The molecule has 1 saturated carbocycles. The van der Waals surface area contributed by atoms with E-state index in [2.05, 4.69) is 5.32 Å². The number of hydrogen-bond acceptors (Lipinski definition) is 5. The topological polar surface area (TPSA) is 105 Å². The molecule has 1 aliphatic carbocycles. The summed E-state index contributed by atoms with van der Waals surface area (Å²) >= 11 is 0. The second kappa shape index (κ2) is 15.6. The fourth-order valence-corrected chi connectivity index (χ4v) is 5.54. The lowest BCUT2D eigenvalue weighted by Crippen LogP contribution is -2.44. The van der Waals surface area contributed by atoms with Crippen LogP contribution in [0.5, 0.6) is 11.5 Å². The van der Waals surface area contributed by atoms with E-state index in [1.165, 1.54) is 6.42 Å². The summed E-state index contributed by atoms with van der Waals surface area (Å²) in [5, 5.41) is 12.4. The fraction of sp³-hybridized carbons (Fsp3) is 0.270. The van der Waals surface area contributed by atoms with Crippen molar-refractivity contribution in [1.29, 1.82) is 0 Å². The second-order valence-corrected chi connectivity index (χ2v) is 11.2. The van der Waals surface area contributed by atoms with Gasteiger partial charge in [0.05, 0.1) is 0 Å². The molecule has 0 aliphatic heterocycles. The summed E-state index contributed by atoms with van der Waals surface area (Å²) in [5.74, 6) is -0.646. The number of nitrogens with one attached hydrogen (secondary N) is 1. The van der Waals surface area contributed by atoms with Gasteiger partial charge < -0.3 is 24.8 Å². The zero-order valence-electron chi connectivity index (χ0n) is 25.1. The molecule has 1 atom stereocenters. The Balaban J connectivity index is 1.14. The van der Waals surface area contributed by atoms with Crippen LogP contribution in [0.4, 0.5) is 5.69 Å². The first-order valence-corrected chi connectivity index (χ1v) is 15.4. The van der Waals surface area contributed by atoms with E-state index in [9.17, 15) is 19.5 Å². The Morgan fingerprint density at radius 2 is 1.33 bits per heavy atom. The van der Waals surface area contributed by atoms with E-state index in [1.807, 2.05) is 65.6 Å². The number of para-hydroxylation sites is 1. The summed E-state index contributed by atoms with van der Waals surface area (Å²) in [7, 11) is 0. The predicted molar refractivity (Wildman–Crippen MR) is 173 cm³/mol. The van der Waals surface area contributed by atoms with Crippen molar-refractivity contribution in [3.05, 3.63) is 126 Å². The number of aliphatic carboxylic acids is 1. The van der Waals surface area contributed by atoms with Gasteiger partial charge in [-0.2, -0.15) is 0 Å². The molecule has 1 unspecified atom stereocenters. The quantitative estimate of drug-likeness (QED) is 0.182. The average molecular weight is 607 g/mol. The normalized spacial score (nSPS) is 13.8. The van der Waals surface area contributed by atoms with E-state index < -0.39 is 17.9 Å². The monoisotopic (exact) mass is 606 g/mol. The molecule has 2 N–H and O–H groups in total. The zero-order chi connectivity index (χ0) is 31.4. The predicted octanol–water partition coefficient (Wildman–Crippen LogP) is 6.44. The first-order valence-electron chi connectivity index (χ1n) is 15.4. The van der Waals surface area contributed by atoms with Gasteiger partial charge in [0.1, 0.15) is 24.1 Å². The third-order valence-corrected chi connectivity index (χ3v) is 7.94. The fourth-order valence-electron chi connectivity index (χ4n) is 5.54. The Morgan fingerprint density at radius 1 is 0.733 bits per heavy atom. The van der Waals surface area contributed by atoms with Gasteiger partial charge in [-0.05, 0) is 72.5 Å². The molecule has 1 aliphatic rings. The highest BCUT2D eigenvalue weighted by Gasteiger charge is 2.27. The van der Waals surface area contributed by atoms with Gasteiger partial charge in [-0.25, -0.2) is 4.79 Å². The summed E-state index contributed by atoms with van der Waals surface area (Å²) in [6, 6.07) is 32.0. The maximum atomic E-state index is 13.3. The molecule has 0 heterocycles. The van der Waals surface area contributed by atoms with E-state index in [-0.39, 0.29) is 30.5 Å². The number of carbonyl (C=O) groups is 3. The van der Waals surface area contributed by atoms with E-state index in [4.69, 9.17) is 9.47 Å². The standard InChI is InChI=1S/C37H38N2O6/c40-35(39(30-12-6-2-7-13-30)31-14-8-3-9-15-31)26-45-33-22-18-29(19-23-33)36(41)38-34(37(42)43)24-27-16-20-32(21-17-27)44-25-28-10-4-1-5-11-28/h1-2,4-7,10-13,16-23,31,34H,3,8-9,14-15,24-26H2,(H,38,41)(H,42,43). The molecule has 1 fully saturated rings. The molecule has 232 valence electrons. The molecule has 45 heavy (non-hydrogen) atoms. The highest BCUT2D eigenvalue weighted by molar-refractivity contribution is 5.97. The van der Waals surface area contributed by atoms with Crippen LogP contribution in [0.3, 0.4) is 0 Å². The smallest absolute Gasteiger partial charge is 0.326 e. The highest BCUT2D eigenvalue weighted by atomic mass is 16.5. The summed E-state index contributed by atoms with van der Waals surface area (Å²) in [4.78, 5) is 40.1. The summed E-state index contributed by atoms with van der Waals surface area (Å²) in [6.45, 7) is 0.300. The molecule has 5 rings (SSSR count). The molecule has 8 nitrogen and oxygen atoms in total.